The van der Waals surface area contributed by atoms with Crippen molar-refractivity contribution in [2.45, 2.75) is 25.9 Å². The van der Waals surface area contributed by atoms with Crippen LogP contribution in [-0.4, -0.2) is 37.6 Å². The number of hydrogen-bond donors (Lipinski definition) is 3. The molecule has 3 N–H and O–H groups in total. The highest BCUT2D eigenvalue weighted by atomic mass is 19.1. The number of nitrogens with zero attached hydrogens (tertiary/aromatic N) is 1. The molecule has 3 amide bonds. The first-order valence-electron chi connectivity index (χ1n) is 9.50. The van der Waals surface area contributed by atoms with E-state index in [1.54, 1.807) is 6.92 Å². The van der Waals surface area contributed by atoms with Crippen LogP contribution in [0.15, 0.2) is 42.5 Å². The molecule has 1 unspecified atom stereocenters. The number of piperazine rings is 1. The van der Waals surface area contributed by atoms with E-state index in [0.29, 0.717) is 19.6 Å². The highest BCUT2D eigenvalue weighted by molar-refractivity contribution is 5.82. The molecule has 1 saturated heterocycles. The van der Waals surface area contributed by atoms with E-state index in [4.69, 9.17) is 0 Å². The number of carbonyl (C=O) groups is 2. The second-order valence-corrected chi connectivity index (χ2v) is 7.07. The van der Waals surface area contributed by atoms with Gasteiger partial charge in [-0.3, -0.25) is 4.79 Å². The fourth-order valence-electron chi connectivity index (χ4n) is 3.23. The van der Waals surface area contributed by atoms with Crippen LogP contribution in [0.5, 0.6) is 0 Å². The van der Waals surface area contributed by atoms with Gasteiger partial charge in [-0.05, 0) is 43.2 Å². The number of nitrogens with one attached hydrogen (secondary N) is 3. The Kier molecular flexibility index (Phi) is 6.64. The monoisotopic (exact) mass is 402 g/mol. The third-order valence-corrected chi connectivity index (χ3v) is 4.74. The summed E-state index contributed by atoms with van der Waals surface area (Å²) in [7, 11) is 0. The Hall–Kier alpha value is -3.16. The zero-order valence-corrected chi connectivity index (χ0v) is 16.2. The molecule has 1 atom stereocenters. The van der Waals surface area contributed by atoms with Gasteiger partial charge >= 0.3 is 6.03 Å². The van der Waals surface area contributed by atoms with Gasteiger partial charge in [-0.25, -0.2) is 13.6 Å². The summed E-state index contributed by atoms with van der Waals surface area (Å²) >= 11 is 0. The zero-order chi connectivity index (χ0) is 20.8. The molecular weight excluding hydrogens is 378 g/mol. The minimum Gasteiger partial charge on any atom is -0.360 e. The van der Waals surface area contributed by atoms with Crippen molar-refractivity contribution in [3.63, 3.8) is 0 Å². The fraction of sp³-hybridized carbons (Fsp3) is 0.333. The number of halogens is 2. The summed E-state index contributed by atoms with van der Waals surface area (Å²) in [6.45, 7) is 3.71. The Morgan fingerprint density at radius 3 is 2.52 bits per heavy atom. The average molecular weight is 402 g/mol. The number of amides is 3. The van der Waals surface area contributed by atoms with Gasteiger partial charge in [-0.1, -0.05) is 18.2 Å². The van der Waals surface area contributed by atoms with Gasteiger partial charge in [0.05, 0.1) is 6.54 Å². The largest absolute Gasteiger partial charge is 0.360 e. The second-order valence-electron chi connectivity index (χ2n) is 7.07. The van der Waals surface area contributed by atoms with Crippen molar-refractivity contribution in [3.05, 3.63) is 65.2 Å². The van der Waals surface area contributed by atoms with Crippen LogP contribution in [0.4, 0.5) is 19.3 Å². The van der Waals surface area contributed by atoms with Gasteiger partial charge in [0, 0.05) is 36.9 Å². The van der Waals surface area contributed by atoms with Gasteiger partial charge in [0.1, 0.15) is 11.6 Å². The van der Waals surface area contributed by atoms with Crippen LogP contribution in [0.3, 0.4) is 0 Å². The van der Waals surface area contributed by atoms with Crippen LogP contribution in [0, 0.1) is 11.6 Å². The summed E-state index contributed by atoms with van der Waals surface area (Å²) in [4.78, 5) is 25.6. The van der Waals surface area contributed by atoms with Crippen molar-refractivity contribution in [3.8, 4) is 0 Å². The topological polar surface area (TPSA) is 73.5 Å². The van der Waals surface area contributed by atoms with Crippen LogP contribution < -0.4 is 20.9 Å². The molecule has 1 aliphatic rings. The minimum atomic E-state index is -0.620. The molecule has 2 aromatic carbocycles. The van der Waals surface area contributed by atoms with Gasteiger partial charge < -0.3 is 20.9 Å². The quantitative estimate of drug-likeness (QED) is 0.694. The van der Waals surface area contributed by atoms with E-state index in [1.807, 2.05) is 29.2 Å². The lowest BCUT2D eigenvalue weighted by Gasteiger charge is -2.28. The van der Waals surface area contributed by atoms with E-state index in [1.165, 1.54) is 18.2 Å². The molecule has 1 fully saturated rings. The van der Waals surface area contributed by atoms with Gasteiger partial charge in [0.25, 0.3) is 0 Å². The van der Waals surface area contributed by atoms with Crippen molar-refractivity contribution >= 4 is 17.6 Å². The Balaban J connectivity index is 1.47. The molecule has 154 valence electrons. The number of rotatable bonds is 6. The first kappa shape index (κ1) is 20.6. The number of urea groups is 1. The molecule has 1 heterocycles. The predicted molar refractivity (Wildman–Crippen MR) is 107 cm³/mol. The third kappa shape index (κ3) is 5.66. The van der Waals surface area contributed by atoms with Crippen molar-refractivity contribution in [1.82, 2.24) is 16.0 Å². The first-order valence-corrected chi connectivity index (χ1v) is 9.50. The van der Waals surface area contributed by atoms with Crippen LogP contribution in [0.25, 0.3) is 0 Å². The van der Waals surface area contributed by atoms with E-state index in [-0.39, 0.29) is 17.9 Å². The summed E-state index contributed by atoms with van der Waals surface area (Å²) in [5.74, 6) is -1.24. The van der Waals surface area contributed by atoms with E-state index >= 15 is 0 Å². The number of benzene rings is 2. The summed E-state index contributed by atoms with van der Waals surface area (Å²) in [5.41, 5.74) is 1.81. The minimum absolute atomic E-state index is 0.00282. The van der Waals surface area contributed by atoms with E-state index < -0.39 is 23.7 Å². The summed E-state index contributed by atoms with van der Waals surface area (Å²) < 4.78 is 27.4. The lowest BCUT2D eigenvalue weighted by Crippen LogP contribution is -2.47. The molecule has 0 radical (unpaired) electrons. The van der Waals surface area contributed by atoms with E-state index in [2.05, 4.69) is 16.0 Å². The molecule has 6 nitrogen and oxygen atoms in total. The maximum Gasteiger partial charge on any atom is 0.315 e. The molecular formula is C21H24F2N4O2. The summed E-state index contributed by atoms with van der Waals surface area (Å²) in [6.07, 6.45) is 0.0596. The van der Waals surface area contributed by atoms with Gasteiger partial charge in [-0.15, -0.1) is 0 Å². The molecule has 8 heteroatoms. The van der Waals surface area contributed by atoms with Crippen LogP contribution in [0.2, 0.25) is 0 Å². The lowest BCUT2D eigenvalue weighted by molar-refractivity contribution is -0.120. The Morgan fingerprint density at radius 2 is 1.86 bits per heavy atom. The Bertz CT molecular complexity index is 853. The highest BCUT2D eigenvalue weighted by Gasteiger charge is 2.16. The normalized spacial score (nSPS) is 14.9. The molecule has 29 heavy (non-hydrogen) atoms. The van der Waals surface area contributed by atoms with Crippen LogP contribution >= 0.6 is 0 Å². The maximum atomic E-state index is 13.7. The predicted octanol–water partition coefficient (Wildman–Crippen LogP) is 2.33. The maximum absolute atomic E-state index is 13.7. The molecule has 0 aromatic heterocycles. The molecule has 0 aliphatic carbocycles. The summed E-state index contributed by atoms with van der Waals surface area (Å²) in [6, 6.07) is 10.5. The molecule has 1 aliphatic heterocycles. The molecule has 0 bridgehead atoms. The second kappa shape index (κ2) is 9.36. The Morgan fingerprint density at radius 1 is 1.17 bits per heavy atom. The number of anilines is 1. The number of hydrogen-bond acceptors (Lipinski definition) is 3. The third-order valence-electron chi connectivity index (χ3n) is 4.74. The van der Waals surface area contributed by atoms with Crippen molar-refractivity contribution in [2.24, 2.45) is 0 Å². The van der Waals surface area contributed by atoms with Gasteiger partial charge in [0.2, 0.25) is 5.91 Å². The molecule has 2 aromatic rings. The van der Waals surface area contributed by atoms with Crippen LogP contribution in [-0.2, 0) is 17.8 Å². The van der Waals surface area contributed by atoms with Crippen LogP contribution in [0.1, 0.15) is 18.1 Å². The molecule has 3 rings (SSSR count). The Labute approximate surface area is 168 Å². The smallest absolute Gasteiger partial charge is 0.315 e. The fourth-order valence-corrected chi connectivity index (χ4v) is 3.23. The lowest BCUT2D eigenvalue weighted by atomic mass is 10.1. The summed E-state index contributed by atoms with van der Waals surface area (Å²) in [5, 5.41) is 8.21. The standard InChI is InChI=1S/C21H24F2N4O2/c1-14(11-17-18(22)3-2-4-19(17)23)26-21(29)25-12-15-5-7-16(8-6-15)27-10-9-24-20(28)13-27/h2-8,14H,9-13H2,1H3,(H,24,28)(H2,25,26,29). The van der Waals surface area contributed by atoms with Crippen molar-refractivity contribution in [2.75, 3.05) is 24.5 Å². The number of carbonyl (C=O) groups excluding carboxylic acids is 2. The van der Waals surface area contributed by atoms with Gasteiger partial charge in [-0.2, -0.15) is 0 Å². The van der Waals surface area contributed by atoms with E-state index in [9.17, 15) is 18.4 Å². The van der Waals surface area contributed by atoms with E-state index in [0.717, 1.165) is 17.8 Å². The average Bonchev–Trinajstić information content (AvgIpc) is 2.70. The highest BCUT2D eigenvalue weighted by Crippen LogP contribution is 2.16. The first-order chi connectivity index (χ1) is 13.9. The van der Waals surface area contributed by atoms with Gasteiger partial charge in [0.15, 0.2) is 0 Å². The van der Waals surface area contributed by atoms with Crippen molar-refractivity contribution in [1.29, 1.82) is 0 Å². The zero-order valence-electron chi connectivity index (χ0n) is 16.2. The SMILES string of the molecule is CC(Cc1c(F)cccc1F)NC(=O)NCc1ccc(N2CCNC(=O)C2)cc1. The molecule has 0 spiro atoms. The molecule has 0 saturated carbocycles. The van der Waals surface area contributed by atoms with Crippen molar-refractivity contribution < 1.29 is 18.4 Å².